The molecule has 3 aromatic carbocycles. The Morgan fingerprint density at radius 1 is 0.913 bits per heavy atom. The van der Waals surface area contributed by atoms with Crippen molar-refractivity contribution in [2.24, 2.45) is 0 Å². The molecular formula is C18H17NO3S. The minimum atomic E-state index is -3.69. The van der Waals surface area contributed by atoms with Crippen LogP contribution in [0.25, 0.3) is 10.8 Å². The summed E-state index contributed by atoms with van der Waals surface area (Å²) in [4.78, 5) is 0.266. The molecule has 0 atom stereocenters. The number of benzene rings is 3. The lowest BCUT2D eigenvalue weighted by Crippen LogP contribution is -2.14. The molecule has 118 valence electrons. The Kier molecular flexibility index (Phi) is 4.32. The molecule has 0 spiro atoms. The minimum absolute atomic E-state index is 0.266. The highest BCUT2D eigenvalue weighted by molar-refractivity contribution is 7.93. The van der Waals surface area contributed by atoms with Crippen molar-refractivity contribution in [2.45, 2.75) is 11.5 Å². The van der Waals surface area contributed by atoms with Crippen LogP contribution in [0.2, 0.25) is 0 Å². The maximum Gasteiger partial charge on any atom is 0.262 e. The van der Waals surface area contributed by atoms with Crippen molar-refractivity contribution in [3.63, 3.8) is 0 Å². The number of hydrogen-bond acceptors (Lipinski definition) is 3. The van der Waals surface area contributed by atoms with Crippen molar-refractivity contribution in [3.8, 4) is 0 Å². The summed E-state index contributed by atoms with van der Waals surface area (Å²) in [7, 11) is -2.11. The van der Waals surface area contributed by atoms with E-state index >= 15 is 0 Å². The number of hydrogen-bond donors (Lipinski definition) is 1. The zero-order valence-corrected chi connectivity index (χ0v) is 13.5. The highest BCUT2D eigenvalue weighted by Gasteiger charge is 2.18. The molecule has 1 N–H and O–H groups in total. The molecule has 3 aromatic rings. The van der Waals surface area contributed by atoms with Gasteiger partial charge < -0.3 is 4.74 Å². The summed E-state index contributed by atoms with van der Waals surface area (Å²) >= 11 is 0. The van der Waals surface area contributed by atoms with Crippen molar-refractivity contribution in [2.75, 3.05) is 11.8 Å². The first-order valence-electron chi connectivity index (χ1n) is 7.19. The predicted octanol–water partition coefficient (Wildman–Crippen LogP) is 3.79. The normalized spacial score (nSPS) is 11.5. The van der Waals surface area contributed by atoms with Gasteiger partial charge in [-0.15, -0.1) is 0 Å². The Labute approximate surface area is 135 Å². The van der Waals surface area contributed by atoms with Crippen molar-refractivity contribution in [1.29, 1.82) is 0 Å². The fourth-order valence-electron chi connectivity index (χ4n) is 2.53. The minimum Gasteiger partial charge on any atom is -0.380 e. The molecule has 3 rings (SSSR count). The molecule has 0 aliphatic rings. The lowest BCUT2D eigenvalue weighted by atomic mass is 10.1. The van der Waals surface area contributed by atoms with E-state index in [1.807, 2.05) is 42.5 Å². The van der Waals surface area contributed by atoms with Gasteiger partial charge in [-0.2, -0.15) is 0 Å². The summed E-state index contributed by atoms with van der Waals surface area (Å²) in [5, 5.41) is 1.59. The molecule has 0 bridgehead atoms. The maximum atomic E-state index is 12.8. The molecule has 23 heavy (non-hydrogen) atoms. The molecule has 0 radical (unpaired) electrons. The van der Waals surface area contributed by atoms with Gasteiger partial charge in [0.2, 0.25) is 0 Å². The first kappa shape index (κ1) is 15.5. The summed E-state index contributed by atoms with van der Waals surface area (Å²) in [6.07, 6.45) is 0. The van der Waals surface area contributed by atoms with E-state index in [-0.39, 0.29) is 4.90 Å². The largest absolute Gasteiger partial charge is 0.380 e. The molecule has 0 heterocycles. The van der Waals surface area contributed by atoms with E-state index in [9.17, 15) is 8.42 Å². The van der Waals surface area contributed by atoms with Gasteiger partial charge in [0.05, 0.1) is 17.2 Å². The highest BCUT2D eigenvalue weighted by atomic mass is 32.2. The van der Waals surface area contributed by atoms with Crippen LogP contribution in [0.15, 0.2) is 71.6 Å². The van der Waals surface area contributed by atoms with Gasteiger partial charge in [-0.25, -0.2) is 8.42 Å². The van der Waals surface area contributed by atoms with E-state index < -0.39 is 10.0 Å². The van der Waals surface area contributed by atoms with Gasteiger partial charge in [0.15, 0.2) is 0 Å². The van der Waals surface area contributed by atoms with Gasteiger partial charge in [-0.1, -0.05) is 54.6 Å². The summed E-state index contributed by atoms with van der Waals surface area (Å²) in [6.45, 7) is 0.341. The average Bonchev–Trinajstić information content (AvgIpc) is 2.56. The summed E-state index contributed by atoms with van der Waals surface area (Å²) < 4.78 is 33.4. The Morgan fingerprint density at radius 3 is 2.43 bits per heavy atom. The zero-order chi connectivity index (χ0) is 16.3. The number of rotatable bonds is 5. The van der Waals surface area contributed by atoms with E-state index in [2.05, 4.69) is 4.72 Å². The lowest BCUT2D eigenvalue weighted by Gasteiger charge is -2.13. The van der Waals surface area contributed by atoms with Crippen LogP contribution < -0.4 is 4.72 Å². The Morgan fingerprint density at radius 2 is 1.61 bits per heavy atom. The molecule has 0 unspecified atom stereocenters. The number of sulfonamides is 1. The summed E-state index contributed by atoms with van der Waals surface area (Å²) in [6, 6.07) is 19.9. The van der Waals surface area contributed by atoms with E-state index in [1.165, 1.54) is 0 Å². The fourth-order valence-corrected chi connectivity index (χ4v) is 3.86. The van der Waals surface area contributed by atoms with Gasteiger partial charge in [0.25, 0.3) is 10.0 Å². The molecule has 0 amide bonds. The van der Waals surface area contributed by atoms with Gasteiger partial charge in [0, 0.05) is 18.1 Å². The second-order valence-corrected chi connectivity index (χ2v) is 6.82. The number of ether oxygens (including phenoxy) is 1. The van der Waals surface area contributed by atoms with Gasteiger partial charge >= 0.3 is 0 Å². The monoisotopic (exact) mass is 327 g/mol. The number of anilines is 1. The molecular weight excluding hydrogens is 310 g/mol. The number of fused-ring (bicyclic) bond motifs is 1. The first-order valence-corrected chi connectivity index (χ1v) is 8.67. The second kappa shape index (κ2) is 6.40. The first-order chi connectivity index (χ1) is 11.1. The predicted molar refractivity (Wildman–Crippen MR) is 91.9 cm³/mol. The third-order valence-electron chi connectivity index (χ3n) is 3.60. The molecule has 0 aliphatic carbocycles. The van der Waals surface area contributed by atoms with Gasteiger partial charge in [0.1, 0.15) is 0 Å². The van der Waals surface area contributed by atoms with E-state index in [0.717, 1.165) is 10.9 Å². The molecule has 0 aromatic heterocycles. The maximum absolute atomic E-state index is 12.8. The van der Waals surface area contributed by atoms with E-state index in [1.54, 1.807) is 31.4 Å². The zero-order valence-electron chi connectivity index (χ0n) is 12.7. The molecule has 0 aliphatic heterocycles. The number of para-hydroxylation sites is 1. The number of methoxy groups -OCH3 is 1. The van der Waals surface area contributed by atoms with Crippen LogP contribution in [0.3, 0.4) is 0 Å². The van der Waals surface area contributed by atoms with Gasteiger partial charge in [-0.05, 0) is 17.5 Å². The van der Waals surface area contributed by atoms with Crippen LogP contribution in [0.4, 0.5) is 5.69 Å². The fraction of sp³-hybridized carbons (Fsp3) is 0.111. The second-order valence-electron chi connectivity index (χ2n) is 5.17. The van der Waals surface area contributed by atoms with Crippen LogP contribution in [0.1, 0.15) is 5.56 Å². The van der Waals surface area contributed by atoms with Crippen LogP contribution in [-0.2, 0) is 21.4 Å². The Balaban J connectivity index is 2.05. The third-order valence-corrected chi connectivity index (χ3v) is 5.02. The smallest absolute Gasteiger partial charge is 0.262 e. The summed E-state index contributed by atoms with van der Waals surface area (Å²) in [5.74, 6) is 0. The molecule has 5 heteroatoms. The van der Waals surface area contributed by atoms with Crippen LogP contribution in [0.5, 0.6) is 0 Å². The van der Waals surface area contributed by atoms with Crippen LogP contribution in [0, 0.1) is 0 Å². The molecule has 4 nitrogen and oxygen atoms in total. The quantitative estimate of drug-likeness (QED) is 0.776. The van der Waals surface area contributed by atoms with Crippen molar-refractivity contribution < 1.29 is 13.2 Å². The average molecular weight is 327 g/mol. The molecule has 0 saturated carbocycles. The topological polar surface area (TPSA) is 55.4 Å². The Bertz CT molecular complexity index is 930. The van der Waals surface area contributed by atoms with E-state index in [0.29, 0.717) is 17.7 Å². The molecule has 0 fully saturated rings. The van der Waals surface area contributed by atoms with Crippen molar-refractivity contribution in [1.82, 2.24) is 0 Å². The SMILES string of the molecule is COCc1ccccc1NS(=O)(=O)c1cccc2ccccc12. The van der Waals surface area contributed by atoms with Crippen LogP contribution in [-0.4, -0.2) is 15.5 Å². The summed E-state index contributed by atoms with van der Waals surface area (Å²) in [5.41, 5.74) is 1.32. The highest BCUT2D eigenvalue weighted by Crippen LogP contribution is 2.26. The van der Waals surface area contributed by atoms with Gasteiger partial charge in [-0.3, -0.25) is 4.72 Å². The third kappa shape index (κ3) is 3.21. The lowest BCUT2D eigenvalue weighted by molar-refractivity contribution is 0.185. The Hall–Kier alpha value is -2.37. The van der Waals surface area contributed by atoms with Crippen molar-refractivity contribution >= 4 is 26.5 Å². The molecule has 0 saturated heterocycles. The van der Waals surface area contributed by atoms with Crippen LogP contribution >= 0.6 is 0 Å². The standard InChI is InChI=1S/C18H17NO3S/c1-22-13-15-8-3-5-11-17(15)19-23(20,21)18-12-6-9-14-7-2-4-10-16(14)18/h2-12,19H,13H2,1H3. The van der Waals surface area contributed by atoms with Crippen molar-refractivity contribution in [3.05, 3.63) is 72.3 Å². The van der Waals surface area contributed by atoms with E-state index in [4.69, 9.17) is 4.74 Å². The number of nitrogens with one attached hydrogen (secondary N) is 1.